The van der Waals surface area contributed by atoms with Gasteiger partial charge in [-0.3, -0.25) is 0 Å². The molecule has 1 aromatic heterocycles. The van der Waals surface area contributed by atoms with Gasteiger partial charge in [-0.1, -0.05) is 25.7 Å². The minimum atomic E-state index is 0.734. The molecule has 3 heteroatoms. The van der Waals surface area contributed by atoms with Gasteiger partial charge in [0.1, 0.15) is 11.8 Å². The molecular formula is C15H23N3. The number of nitrogens with one attached hydrogen (secondary N) is 1. The molecular weight excluding hydrogens is 222 g/mol. The maximum Gasteiger partial charge on any atom is 0.120 e. The van der Waals surface area contributed by atoms with Crippen LogP contribution in [0.2, 0.25) is 0 Å². The molecule has 1 N–H and O–H groups in total. The van der Waals surface area contributed by atoms with Gasteiger partial charge in [-0.2, -0.15) is 5.26 Å². The van der Waals surface area contributed by atoms with E-state index in [9.17, 15) is 0 Å². The van der Waals surface area contributed by atoms with E-state index in [0.29, 0.717) is 0 Å². The fraction of sp³-hybridized carbons (Fsp3) is 0.667. The molecule has 0 bridgehead atoms. The van der Waals surface area contributed by atoms with Crippen LogP contribution in [0.15, 0.2) is 12.3 Å². The van der Waals surface area contributed by atoms with Crippen molar-refractivity contribution in [1.82, 2.24) is 9.88 Å². The summed E-state index contributed by atoms with van der Waals surface area (Å²) < 4.78 is 1.88. The molecule has 0 amide bonds. The summed E-state index contributed by atoms with van der Waals surface area (Å²) in [5.74, 6) is 0.994. The highest BCUT2D eigenvalue weighted by atomic mass is 14.9. The Morgan fingerprint density at radius 2 is 2.22 bits per heavy atom. The summed E-state index contributed by atoms with van der Waals surface area (Å²) >= 11 is 0. The smallest absolute Gasteiger partial charge is 0.120 e. The standard InChI is InChI=1S/C15H23N3/c1-18-12-14(9-15(18)10-16)11-17-8-4-7-13-5-2-3-6-13/h9,12-13,17H,2-8,11H2,1H3. The van der Waals surface area contributed by atoms with Crippen LogP contribution in [0.3, 0.4) is 0 Å². The van der Waals surface area contributed by atoms with Crippen LogP contribution in [0.1, 0.15) is 49.8 Å². The molecule has 0 unspecified atom stereocenters. The van der Waals surface area contributed by atoms with Crippen molar-refractivity contribution in [2.45, 2.75) is 45.1 Å². The molecule has 0 atom stereocenters. The molecule has 0 aliphatic heterocycles. The van der Waals surface area contributed by atoms with Gasteiger partial charge in [0.05, 0.1) is 0 Å². The molecule has 0 aromatic carbocycles. The molecule has 1 heterocycles. The van der Waals surface area contributed by atoms with Crippen LogP contribution in [0.25, 0.3) is 0 Å². The van der Waals surface area contributed by atoms with Crippen LogP contribution < -0.4 is 5.32 Å². The van der Waals surface area contributed by atoms with E-state index in [1.54, 1.807) is 0 Å². The summed E-state index contributed by atoms with van der Waals surface area (Å²) in [4.78, 5) is 0. The van der Waals surface area contributed by atoms with Crippen LogP contribution in [-0.2, 0) is 13.6 Å². The second-order valence-electron chi connectivity index (χ2n) is 5.43. The van der Waals surface area contributed by atoms with Gasteiger partial charge in [0, 0.05) is 19.8 Å². The van der Waals surface area contributed by atoms with Gasteiger partial charge in [-0.25, -0.2) is 0 Å². The number of nitriles is 1. The van der Waals surface area contributed by atoms with E-state index in [1.165, 1.54) is 44.1 Å². The average Bonchev–Trinajstić information content (AvgIpc) is 2.98. The molecule has 0 spiro atoms. The molecule has 2 rings (SSSR count). The Hall–Kier alpha value is -1.27. The molecule has 1 saturated carbocycles. The summed E-state index contributed by atoms with van der Waals surface area (Å²) in [6, 6.07) is 4.15. The second-order valence-corrected chi connectivity index (χ2v) is 5.43. The number of aromatic nitrogens is 1. The third-order valence-corrected chi connectivity index (χ3v) is 3.95. The lowest BCUT2D eigenvalue weighted by Gasteiger charge is -2.08. The zero-order valence-electron chi connectivity index (χ0n) is 11.3. The summed E-state index contributed by atoms with van der Waals surface area (Å²) in [6.07, 6.45) is 10.5. The Labute approximate surface area is 110 Å². The predicted octanol–water partition coefficient (Wildman–Crippen LogP) is 2.96. The van der Waals surface area contributed by atoms with Crippen LogP contribution in [0.4, 0.5) is 0 Å². The first-order chi connectivity index (χ1) is 8.79. The summed E-state index contributed by atoms with van der Waals surface area (Å²) in [5, 5.41) is 12.3. The van der Waals surface area contributed by atoms with Gasteiger partial charge >= 0.3 is 0 Å². The summed E-state index contributed by atoms with van der Waals surface area (Å²) in [6.45, 7) is 1.97. The maximum absolute atomic E-state index is 8.87. The Balaban J connectivity index is 1.61. The normalized spacial score (nSPS) is 16.0. The Bertz CT molecular complexity index is 408. The van der Waals surface area contributed by atoms with Crippen molar-refractivity contribution in [1.29, 1.82) is 5.26 Å². The lowest BCUT2D eigenvalue weighted by atomic mass is 10.0. The first kappa shape index (κ1) is 13.2. The van der Waals surface area contributed by atoms with Gasteiger partial charge in [0.2, 0.25) is 0 Å². The maximum atomic E-state index is 8.87. The van der Waals surface area contributed by atoms with E-state index in [1.807, 2.05) is 23.9 Å². The zero-order chi connectivity index (χ0) is 12.8. The first-order valence-electron chi connectivity index (χ1n) is 7.05. The lowest BCUT2D eigenvalue weighted by Crippen LogP contribution is -2.15. The summed E-state index contributed by atoms with van der Waals surface area (Å²) in [7, 11) is 1.92. The fourth-order valence-corrected chi connectivity index (χ4v) is 2.89. The molecule has 98 valence electrons. The Kier molecular flexibility index (Phi) is 4.83. The number of rotatable bonds is 6. The van der Waals surface area contributed by atoms with Gasteiger partial charge in [0.25, 0.3) is 0 Å². The Morgan fingerprint density at radius 3 is 2.89 bits per heavy atom. The van der Waals surface area contributed by atoms with Gasteiger partial charge in [-0.15, -0.1) is 0 Å². The van der Waals surface area contributed by atoms with E-state index in [4.69, 9.17) is 5.26 Å². The van der Waals surface area contributed by atoms with E-state index in [0.717, 1.165) is 24.7 Å². The molecule has 1 aromatic rings. The molecule has 0 saturated heterocycles. The summed E-state index contributed by atoms with van der Waals surface area (Å²) in [5.41, 5.74) is 1.94. The molecule has 0 radical (unpaired) electrons. The van der Waals surface area contributed by atoms with Crippen LogP contribution in [0, 0.1) is 17.2 Å². The van der Waals surface area contributed by atoms with E-state index >= 15 is 0 Å². The van der Waals surface area contributed by atoms with Crippen LogP contribution >= 0.6 is 0 Å². The van der Waals surface area contributed by atoms with E-state index in [-0.39, 0.29) is 0 Å². The molecule has 3 nitrogen and oxygen atoms in total. The van der Waals surface area contributed by atoms with Crippen molar-refractivity contribution >= 4 is 0 Å². The van der Waals surface area contributed by atoms with E-state index in [2.05, 4.69) is 11.4 Å². The Morgan fingerprint density at radius 1 is 1.44 bits per heavy atom. The first-order valence-corrected chi connectivity index (χ1v) is 7.05. The molecule has 18 heavy (non-hydrogen) atoms. The van der Waals surface area contributed by atoms with Crippen LogP contribution in [-0.4, -0.2) is 11.1 Å². The van der Waals surface area contributed by atoms with Crippen molar-refractivity contribution in [2.75, 3.05) is 6.54 Å². The zero-order valence-corrected chi connectivity index (χ0v) is 11.3. The van der Waals surface area contributed by atoms with Gasteiger partial charge < -0.3 is 9.88 Å². The van der Waals surface area contributed by atoms with Crippen LogP contribution in [0.5, 0.6) is 0 Å². The number of hydrogen-bond acceptors (Lipinski definition) is 2. The number of hydrogen-bond donors (Lipinski definition) is 1. The quantitative estimate of drug-likeness (QED) is 0.783. The fourth-order valence-electron chi connectivity index (χ4n) is 2.89. The SMILES string of the molecule is Cn1cc(CNCCCC2CCCC2)cc1C#N. The van der Waals surface area contributed by atoms with Crippen molar-refractivity contribution in [3.8, 4) is 6.07 Å². The van der Waals surface area contributed by atoms with Crippen molar-refractivity contribution in [3.05, 3.63) is 23.5 Å². The number of nitrogens with zero attached hydrogens (tertiary/aromatic N) is 2. The largest absolute Gasteiger partial charge is 0.342 e. The monoisotopic (exact) mass is 245 g/mol. The highest BCUT2D eigenvalue weighted by molar-refractivity contribution is 5.28. The van der Waals surface area contributed by atoms with E-state index < -0.39 is 0 Å². The van der Waals surface area contributed by atoms with Crippen molar-refractivity contribution in [3.63, 3.8) is 0 Å². The van der Waals surface area contributed by atoms with Gasteiger partial charge in [-0.05, 0) is 36.9 Å². The highest BCUT2D eigenvalue weighted by Crippen LogP contribution is 2.28. The van der Waals surface area contributed by atoms with Crippen molar-refractivity contribution < 1.29 is 0 Å². The minimum Gasteiger partial charge on any atom is -0.342 e. The predicted molar refractivity (Wildman–Crippen MR) is 73.0 cm³/mol. The lowest BCUT2D eigenvalue weighted by molar-refractivity contribution is 0.470. The highest BCUT2D eigenvalue weighted by Gasteiger charge is 2.13. The second kappa shape index (κ2) is 6.61. The van der Waals surface area contributed by atoms with Crippen molar-refractivity contribution in [2.24, 2.45) is 13.0 Å². The number of aryl methyl sites for hydroxylation is 1. The molecule has 1 aliphatic rings. The third kappa shape index (κ3) is 3.61. The molecule has 1 fully saturated rings. The minimum absolute atomic E-state index is 0.734. The molecule has 1 aliphatic carbocycles. The third-order valence-electron chi connectivity index (χ3n) is 3.95. The topological polar surface area (TPSA) is 40.8 Å². The average molecular weight is 245 g/mol. The van der Waals surface area contributed by atoms with Gasteiger partial charge in [0.15, 0.2) is 0 Å².